The number of carboxylic acid groups (broad SMARTS) is 1. The zero-order chi connectivity index (χ0) is 16.0. The first-order valence-electron chi connectivity index (χ1n) is 7.37. The number of rotatable bonds is 3. The first kappa shape index (κ1) is 13.7. The van der Waals surface area contributed by atoms with Crippen molar-refractivity contribution < 1.29 is 19.4 Å². The Morgan fingerprint density at radius 3 is 2.52 bits per heavy atom. The molecule has 0 saturated heterocycles. The Balaban J connectivity index is 1.67. The molecule has 5 heteroatoms. The number of aryl methyl sites for hydroxylation is 1. The standard InChI is InChI=1S/C18H15NO4/c1-11-9-19(14-8-12(18(20)21)6-7-13(11)14)10-17-22-15-4-2-3-5-16(15)23-17/h2-9,17H,10H2,1H3,(H,20,21). The SMILES string of the molecule is Cc1cn(CC2Oc3ccccc3O2)c2cc(C(=O)O)ccc12. The highest BCUT2D eigenvalue weighted by atomic mass is 16.7. The molecule has 4 rings (SSSR count). The summed E-state index contributed by atoms with van der Waals surface area (Å²) in [7, 11) is 0. The van der Waals surface area contributed by atoms with Crippen molar-refractivity contribution in [2.75, 3.05) is 0 Å². The van der Waals surface area contributed by atoms with E-state index < -0.39 is 12.3 Å². The molecule has 0 aliphatic carbocycles. The van der Waals surface area contributed by atoms with Crippen LogP contribution in [0.2, 0.25) is 0 Å². The fourth-order valence-corrected chi connectivity index (χ4v) is 2.95. The van der Waals surface area contributed by atoms with Crippen LogP contribution in [0, 0.1) is 6.92 Å². The van der Waals surface area contributed by atoms with E-state index in [0.29, 0.717) is 6.54 Å². The molecule has 0 amide bonds. The molecular formula is C18H15NO4. The van der Waals surface area contributed by atoms with Gasteiger partial charge in [-0.15, -0.1) is 0 Å². The van der Waals surface area contributed by atoms with E-state index in [1.165, 1.54) is 0 Å². The highest BCUT2D eigenvalue weighted by Gasteiger charge is 2.24. The molecule has 1 N–H and O–H groups in total. The van der Waals surface area contributed by atoms with E-state index in [9.17, 15) is 9.90 Å². The first-order chi connectivity index (χ1) is 11.1. The topological polar surface area (TPSA) is 60.7 Å². The molecule has 2 aromatic carbocycles. The van der Waals surface area contributed by atoms with Crippen LogP contribution >= 0.6 is 0 Å². The average Bonchev–Trinajstić information content (AvgIpc) is 3.08. The lowest BCUT2D eigenvalue weighted by Gasteiger charge is -2.12. The van der Waals surface area contributed by atoms with Crippen LogP contribution in [0.4, 0.5) is 0 Å². The molecular weight excluding hydrogens is 294 g/mol. The summed E-state index contributed by atoms with van der Waals surface area (Å²) in [5.74, 6) is 0.534. The average molecular weight is 309 g/mol. The van der Waals surface area contributed by atoms with Crippen LogP contribution in [0.1, 0.15) is 15.9 Å². The van der Waals surface area contributed by atoms with Crippen LogP contribution in [0.15, 0.2) is 48.7 Å². The summed E-state index contributed by atoms with van der Waals surface area (Å²) < 4.78 is 13.6. The molecule has 1 aliphatic rings. The largest absolute Gasteiger partial charge is 0.478 e. The second kappa shape index (κ2) is 5.05. The molecule has 3 aromatic rings. The number of benzene rings is 2. The zero-order valence-electron chi connectivity index (χ0n) is 12.5. The van der Waals surface area contributed by atoms with E-state index in [0.717, 1.165) is 28.0 Å². The summed E-state index contributed by atoms with van der Waals surface area (Å²) in [6.07, 6.45) is 1.57. The fraction of sp³-hybridized carbons (Fsp3) is 0.167. The van der Waals surface area contributed by atoms with Crippen LogP contribution in [-0.2, 0) is 6.54 Å². The molecule has 1 aromatic heterocycles. The summed E-state index contributed by atoms with van der Waals surface area (Å²) in [6.45, 7) is 2.49. The summed E-state index contributed by atoms with van der Waals surface area (Å²) in [6, 6.07) is 12.7. The van der Waals surface area contributed by atoms with Gasteiger partial charge in [-0.3, -0.25) is 0 Å². The van der Waals surface area contributed by atoms with Crippen LogP contribution in [0.3, 0.4) is 0 Å². The minimum absolute atomic E-state index is 0.272. The highest BCUT2D eigenvalue weighted by Crippen LogP contribution is 2.34. The lowest BCUT2D eigenvalue weighted by atomic mass is 10.1. The number of carboxylic acids is 1. The predicted octanol–water partition coefficient (Wildman–Crippen LogP) is 3.45. The Hall–Kier alpha value is -2.95. The lowest BCUT2D eigenvalue weighted by molar-refractivity contribution is 0.0351. The molecule has 0 bridgehead atoms. The Morgan fingerprint density at radius 2 is 1.87 bits per heavy atom. The molecule has 2 heterocycles. The van der Waals surface area contributed by atoms with E-state index in [4.69, 9.17) is 9.47 Å². The number of ether oxygens (including phenoxy) is 2. The number of hydrogen-bond donors (Lipinski definition) is 1. The summed E-state index contributed by atoms with van der Waals surface area (Å²) >= 11 is 0. The zero-order valence-corrected chi connectivity index (χ0v) is 12.5. The van der Waals surface area contributed by atoms with Gasteiger partial charge in [-0.05, 0) is 36.8 Å². The first-order valence-corrected chi connectivity index (χ1v) is 7.37. The molecule has 0 fully saturated rings. The van der Waals surface area contributed by atoms with Crippen molar-refractivity contribution in [1.82, 2.24) is 4.57 Å². The number of aromatic nitrogens is 1. The van der Waals surface area contributed by atoms with Crippen LogP contribution in [0.25, 0.3) is 10.9 Å². The van der Waals surface area contributed by atoms with Crippen molar-refractivity contribution >= 4 is 16.9 Å². The van der Waals surface area contributed by atoms with Crippen LogP contribution in [-0.4, -0.2) is 21.9 Å². The van der Waals surface area contributed by atoms with Gasteiger partial charge in [0.1, 0.15) is 0 Å². The minimum atomic E-state index is -0.932. The summed E-state index contributed by atoms with van der Waals surface area (Å²) in [4.78, 5) is 11.2. The second-order valence-corrected chi connectivity index (χ2v) is 5.61. The van der Waals surface area contributed by atoms with Crippen molar-refractivity contribution in [2.24, 2.45) is 0 Å². The Kier molecular flexibility index (Phi) is 3.01. The number of para-hydroxylation sites is 2. The van der Waals surface area contributed by atoms with Crippen molar-refractivity contribution in [3.63, 3.8) is 0 Å². The van der Waals surface area contributed by atoms with Gasteiger partial charge in [-0.1, -0.05) is 18.2 Å². The van der Waals surface area contributed by atoms with Gasteiger partial charge in [-0.2, -0.15) is 0 Å². The van der Waals surface area contributed by atoms with E-state index in [-0.39, 0.29) is 5.56 Å². The van der Waals surface area contributed by atoms with Crippen molar-refractivity contribution in [1.29, 1.82) is 0 Å². The maximum absolute atomic E-state index is 11.2. The smallest absolute Gasteiger partial charge is 0.335 e. The van der Waals surface area contributed by atoms with Gasteiger partial charge < -0.3 is 19.1 Å². The van der Waals surface area contributed by atoms with Gasteiger partial charge in [0.05, 0.1) is 12.1 Å². The quantitative estimate of drug-likeness (QED) is 0.805. The number of hydrogen-bond acceptors (Lipinski definition) is 3. The van der Waals surface area contributed by atoms with Gasteiger partial charge in [0.2, 0.25) is 0 Å². The Labute approximate surface area is 132 Å². The van der Waals surface area contributed by atoms with Gasteiger partial charge in [-0.25, -0.2) is 4.79 Å². The van der Waals surface area contributed by atoms with E-state index in [1.807, 2.05) is 48.0 Å². The number of fused-ring (bicyclic) bond motifs is 2. The molecule has 0 spiro atoms. The molecule has 5 nitrogen and oxygen atoms in total. The number of nitrogens with zero attached hydrogens (tertiary/aromatic N) is 1. The molecule has 23 heavy (non-hydrogen) atoms. The Bertz CT molecular complexity index is 888. The summed E-state index contributed by atoms with van der Waals surface area (Å²) in [5, 5.41) is 10.2. The molecule has 0 radical (unpaired) electrons. The fourth-order valence-electron chi connectivity index (χ4n) is 2.95. The number of aromatic carboxylic acids is 1. The van der Waals surface area contributed by atoms with Crippen molar-refractivity contribution in [3.05, 3.63) is 59.8 Å². The maximum atomic E-state index is 11.2. The van der Waals surface area contributed by atoms with E-state index >= 15 is 0 Å². The third kappa shape index (κ3) is 2.30. The van der Waals surface area contributed by atoms with E-state index in [2.05, 4.69) is 0 Å². The summed E-state index contributed by atoms with van der Waals surface area (Å²) in [5.41, 5.74) is 2.23. The maximum Gasteiger partial charge on any atom is 0.335 e. The highest BCUT2D eigenvalue weighted by molar-refractivity contribution is 5.94. The monoisotopic (exact) mass is 309 g/mol. The Morgan fingerprint density at radius 1 is 1.17 bits per heavy atom. The molecule has 0 atom stereocenters. The lowest BCUT2D eigenvalue weighted by Crippen LogP contribution is -2.24. The third-order valence-electron chi connectivity index (χ3n) is 4.04. The van der Waals surface area contributed by atoms with Gasteiger partial charge >= 0.3 is 5.97 Å². The predicted molar refractivity (Wildman–Crippen MR) is 85.1 cm³/mol. The molecule has 116 valence electrons. The molecule has 0 saturated carbocycles. The van der Waals surface area contributed by atoms with Crippen molar-refractivity contribution in [2.45, 2.75) is 19.8 Å². The minimum Gasteiger partial charge on any atom is -0.478 e. The third-order valence-corrected chi connectivity index (χ3v) is 4.04. The van der Waals surface area contributed by atoms with Crippen molar-refractivity contribution in [3.8, 4) is 11.5 Å². The van der Waals surface area contributed by atoms with Crippen LogP contribution in [0.5, 0.6) is 11.5 Å². The van der Waals surface area contributed by atoms with Gasteiger partial charge in [0, 0.05) is 17.1 Å². The van der Waals surface area contributed by atoms with Gasteiger partial charge in [0.25, 0.3) is 6.29 Å². The van der Waals surface area contributed by atoms with E-state index in [1.54, 1.807) is 12.1 Å². The molecule has 0 unspecified atom stereocenters. The second-order valence-electron chi connectivity index (χ2n) is 5.61. The normalized spacial score (nSPS) is 13.6. The van der Waals surface area contributed by atoms with Gasteiger partial charge in [0.15, 0.2) is 11.5 Å². The number of carbonyl (C=O) groups is 1. The van der Waals surface area contributed by atoms with Crippen LogP contribution < -0.4 is 9.47 Å². The molecule has 1 aliphatic heterocycles.